The van der Waals surface area contributed by atoms with Crippen molar-refractivity contribution in [1.82, 2.24) is 5.48 Å². The quantitative estimate of drug-likeness (QED) is 0.574. The zero-order valence-electron chi connectivity index (χ0n) is 11.0. The van der Waals surface area contributed by atoms with Gasteiger partial charge >= 0.3 is 0 Å². The molecule has 0 saturated carbocycles. The number of hydrogen-bond donors (Lipinski definition) is 2. The van der Waals surface area contributed by atoms with Crippen molar-refractivity contribution in [2.75, 3.05) is 25.6 Å². The van der Waals surface area contributed by atoms with Crippen molar-refractivity contribution in [2.24, 2.45) is 5.92 Å². The van der Waals surface area contributed by atoms with Gasteiger partial charge in [-0.2, -0.15) is 5.48 Å². The van der Waals surface area contributed by atoms with E-state index in [4.69, 9.17) is 9.57 Å². The van der Waals surface area contributed by atoms with Gasteiger partial charge in [0.2, 0.25) is 5.91 Å². The van der Waals surface area contributed by atoms with E-state index in [0.717, 1.165) is 11.4 Å². The van der Waals surface area contributed by atoms with Gasteiger partial charge < -0.3 is 14.9 Å². The van der Waals surface area contributed by atoms with Crippen molar-refractivity contribution in [3.63, 3.8) is 0 Å². The lowest BCUT2D eigenvalue weighted by Gasteiger charge is -2.09. The highest BCUT2D eigenvalue weighted by atomic mass is 16.6. The first kappa shape index (κ1) is 14.5. The number of rotatable bonds is 7. The molecule has 1 rings (SSSR count). The first-order valence-electron chi connectivity index (χ1n) is 5.90. The van der Waals surface area contributed by atoms with Crippen molar-refractivity contribution >= 4 is 11.6 Å². The first-order chi connectivity index (χ1) is 8.61. The number of benzene rings is 1. The van der Waals surface area contributed by atoms with E-state index in [1.165, 1.54) is 0 Å². The SMILES string of the molecule is COc1ccc(NC(=O)CNOCC(C)C)cc1. The summed E-state index contributed by atoms with van der Waals surface area (Å²) in [6.45, 7) is 4.78. The second-order valence-corrected chi connectivity index (χ2v) is 4.30. The van der Waals surface area contributed by atoms with Crippen LogP contribution >= 0.6 is 0 Å². The Balaban J connectivity index is 2.26. The third kappa shape index (κ3) is 5.65. The minimum absolute atomic E-state index is 0.124. The Bertz CT molecular complexity index is 363. The first-order valence-corrected chi connectivity index (χ1v) is 5.90. The standard InChI is InChI=1S/C13H20N2O3/c1-10(2)9-18-14-8-13(16)15-11-4-6-12(17-3)7-5-11/h4-7,10,14H,8-9H2,1-3H3,(H,15,16). The van der Waals surface area contributed by atoms with Crippen LogP contribution in [0.3, 0.4) is 0 Å². The number of carbonyl (C=O) groups excluding carboxylic acids is 1. The fourth-order valence-electron chi connectivity index (χ4n) is 1.22. The number of methoxy groups -OCH3 is 1. The Morgan fingerprint density at radius 1 is 1.28 bits per heavy atom. The molecule has 0 heterocycles. The number of nitrogens with one attached hydrogen (secondary N) is 2. The van der Waals surface area contributed by atoms with Crippen LogP contribution in [-0.4, -0.2) is 26.2 Å². The zero-order valence-corrected chi connectivity index (χ0v) is 11.0. The minimum atomic E-state index is -0.149. The van der Waals surface area contributed by atoms with Gasteiger partial charge in [-0.1, -0.05) is 13.8 Å². The molecule has 1 aromatic rings. The Labute approximate surface area is 107 Å². The molecule has 0 aliphatic heterocycles. The third-order valence-electron chi connectivity index (χ3n) is 2.13. The van der Waals surface area contributed by atoms with Gasteiger partial charge in [0.15, 0.2) is 0 Å². The maximum absolute atomic E-state index is 11.5. The number of hydrogen-bond acceptors (Lipinski definition) is 4. The van der Waals surface area contributed by atoms with Crippen molar-refractivity contribution in [1.29, 1.82) is 0 Å². The molecule has 0 fully saturated rings. The van der Waals surface area contributed by atoms with Crippen LogP contribution in [0.15, 0.2) is 24.3 Å². The Kier molecular flexibility index (Phi) is 6.18. The van der Waals surface area contributed by atoms with Gasteiger partial charge in [-0.05, 0) is 30.2 Å². The van der Waals surface area contributed by atoms with Crippen LogP contribution in [0.1, 0.15) is 13.8 Å². The fraction of sp³-hybridized carbons (Fsp3) is 0.462. The molecule has 5 nitrogen and oxygen atoms in total. The van der Waals surface area contributed by atoms with Gasteiger partial charge in [0.25, 0.3) is 0 Å². The zero-order chi connectivity index (χ0) is 13.4. The monoisotopic (exact) mass is 252 g/mol. The lowest BCUT2D eigenvalue weighted by Crippen LogP contribution is -2.29. The predicted molar refractivity (Wildman–Crippen MR) is 70.4 cm³/mol. The summed E-state index contributed by atoms with van der Waals surface area (Å²) in [5.41, 5.74) is 3.35. The molecule has 0 unspecified atom stereocenters. The molecule has 0 radical (unpaired) electrons. The second kappa shape index (κ2) is 7.68. The second-order valence-electron chi connectivity index (χ2n) is 4.30. The van der Waals surface area contributed by atoms with Crippen LogP contribution in [0, 0.1) is 5.92 Å². The summed E-state index contributed by atoms with van der Waals surface area (Å²) < 4.78 is 5.03. The summed E-state index contributed by atoms with van der Waals surface area (Å²) in [7, 11) is 1.60. The molecule has 0 aliphatic carbocycles. The number of anilines is 1. The molecule has 1 aromatic carbocycles. The van der Waals surface area contributed by atoms with Crippen LogP contribution < -0.4 is 15.5 Å². The highest BCUT2D eigenvalue weighted by Crippen LogP contribution is 2.14. The number of hydroxylamine groups is 1. The van der Waals surface area contributed by atoms with Crippen molar-refractivity contribution in [3.05, 3.63) is 24.3 Å². The molecule has 0 aliphatic rings. The molecule has 0 spiro atoms. The molecule has 18 heavy (non-hydrogen) atoms. The van der Waals surface area contributed by atoms with E-state index in [9.17, 15) is 4.79 Å². The predicted octanol–water partition coefficient (Wildman–Crippen LogP) is 1.81. The fourth-order valence-corrected chi connectivity index (χ4v) is 1.22. The molecule has 1 amide bonds. The Morgan fingerprint density at radius 2 is 1.94 bits per heavy atom. The molecule has 0 bridgehead atoms. The highest BCUT2D eigenvalue weighted by Gasteiger charge is 2.02. The smallest absolute Gasteiger partial charge is 0.240 e. The Hall–Kier alpha value is -1.59. The van der Waals surface area contributed by atoms with Gasteiger partial charge in [-0.25, -0.2) is 0 Å². The van der Waals surface area contributed by atoms with Crippen molar-refractivity contribution in [2.45, 2.75) is 13.8 Å². The minimum Gasteiger partial charge on any atom is -0.497 e. The van der Waals surface area contributed by atoms with E-state index in [2.05, 4.69) is 10.8 Å². The van der Waals surface area contributed by atoms with Crippen LogP contribution in [0.25, 0.3) is 0 Å². The van der Waals surface area contributed by atoms with Gasteiger partial charge in [0.1, 0.15) is 12.3 Å². The summed E-state index contributed by atoms with van der Waals surface area (Å²) in [5.74, 6) is 1.04. The van der Waals surface area contributed by atoms with E-state index in [-0.39, 0.29) is 12.5 Å². The van der Waals surface area contributed by atoms with Crippen LogP contribution in [0.4, 0.5) is 5.69 Å². The molecule has 5 heteroatoms. The lowest BCUT2D eigenvalue weighted by atomic mass is 10.2. The average molecular weight is 252 g/mol. The third-order valence-corrected chi connectivity index (χ3v) is 2.13. The van der Waals surface area contributed by atoms with Crippen LogP contribution in [0.2, 0.25) is 0 Å². The lowest BCUT2D eigenvalue weighted by molar-refractivity contribution is -0.118. The van der Waals surface area contributed by atoms with E-state index in [1.54, 1.807) is 31.4 Å². The molecule has 0 aromatic heterocycles. The van der Waals surface area contributed by atoms with E-state index in [0.29, 0.717) is 12.5 Å². The van der Waals surface area contributed by atoms with E-state index >= 15 is 0 Å². The van der Waals surface area contributed by atoms with Crippen molar-refractivity contribution < 1.29 is 14.4 Å². The molecule has 0 saturated heterocycles. The summed E-state index contributed by atoms with van der Waals surface area (Å²) in [4.78, 5) is 16.6. The average Bonchev–Trinajstić information content (AvgIpc) is 2.35. The van der Waals surface area contributed by atoms with Gasteiger partial charge in [0.05, 0.1) is 13.7 Å². The summed E-state index contributed by atoms with van der Waals surface area (Å²) in [5, 5.41) is 2.74. The van der Waals surface area contributed by atoms with Gasteiger partial charge in [-0.15, -0.1) is 0 Å². The van der Waals surface area contributed by atoms with Crippen molar-refractivity contribution in [3.8, 4) is 5.75 Å². The number of carbonyl (C=O) groups is 1. The molecule has 100 valence electrons. The summed E-state index contributed by atoms with van der Waals surface area (Å²) in [6.07, 6.45) is 0. The molecular weight excluding hydrogens is 232 g/mol. The Morgan fingerprint density at radius 3 is 2.50 bits per heavy atom. The maximum Gasteiger partial charge on any atom is 0.240 e. The molecule has 0 atom stereocenters. The number of amides is 1. The number of ether oxygens (including phenoxy) is 1. The van der Waals surface area contributed by atoms with E-state index < -0.39 is 0 Å². The summed E-state index contributed by atoms with van der Waals surface area (Å²) >= 11 is 0. The largest absolute Gasteiger partial charge is 0.497 e. The summed E-state index contributed by atoms with van der Waals surface area (Å²) in [6, 6.07) is 7.15. The van der Waals surface area contributed by atoms with Crippen LogP contribution in [-0.2, 0) is 9.63 Å². The van der Waals surface area contributed by atoms with Gasteiger partial charge in [0, 0.05) is 5.69 Å². The van der Waals surface area contributed by atoms with Crippen LogP contribution in [0.5, 0.6) is 5.75 Å². The topological polar surface area (TPSA) is 59.6 Å². The molecular formula is C13H20N2O3. The highest BCUT2D eigenvalue weighted by molar-refractivity contribution is 5.92. The maximum atomic E-state index is 11.5. The molecule has 2 N–H and O–H groups in total. The van der Waals surface area contributed by atoms with E-state index in [1.807, 2.05) is 13.8 Å². The normalized spacial score (nSPS) is 10.4. The van der Waals surface area contributed by atoms with Gasteiger partial charge in [-0.3, -0.25) is 4.79 Å².